The first-order valence-electron chi connectivity index (χ1n) is 14.5. The summed E-state index contributed by atoms with van der Waals surface area (Å²) < 4.78 is 5.45. The molecule has 0 aromatic heterocycles. The summed E-state index contributed by atoms with van der Waals surface area (Å²) in [5, 5.41) is 5.51. The zero-order valence-corrected chi connectivity index (χ0v) is 25.5. The SMILES string of the molecule is C=CC[C@@H]1OC(=O)CCNC(=O)[C@H](C)N(C)C(=O)[C@H](C(C)C)N(C)C(=O)[C@H]([C@H](C)CC)NC(=O)[C@@H]2CCCN2C1=O. The molecule has 2 rings (SSSR count). The standard InChI is InChI=1S/C29H47N5O7/c1-9-12-21-27(38)34-16-11-13-20(34)26(37)31-23(18(5)10-2)28(39)33(8)24(17(3)4)29(40)32(7)19(6)25(36)30-15-14-22(35)41-21/h9,17-21,23-24H,1,10-16H2,2-8H3,(H,30,36)(H,31,37)/t18-,19+,20+,21+,23+,24+/m1/s1. The second-order valence-electron chi connectivity index (χ2n) is 11.4. The Labute approximate surface area is 243 Å². The van der Waals surface area contributed by atoms with Gasteiger partial charge in [0.05, 0.1) is 6.42 Å². The van der Waals surface area contributed by atoms with E-state index in [1.807, 2.05) is 27.7 Å². The van der Waals surface area contributed by atoms with Crippen LogP contribution in [0.3, 0.4) is 0 Å². The number of likely N-dealkylation sites (N-methyl/N-ethyl adjacent to an activating group) is 2. The van der Waals surface area contributed by atoms with Gasteiger partial charge in [-0.3, -0.25) is 28.8 Å². The molecule has 2 N–H and O–H groups in total. The predicted octanol–water partition coefficient (Wildman–Crippen LogP) is 0.846. The number of nitrogens with zero attached hydrogens (tertiary/aromatic N) is 3. The second kappa shape index (κ2) is 15.0. The number of hydrogen-bond acceptors (Lipinski definition) is 7. The number of fused-ring (bicyclic) bond motifs is 1. The van der Waals surface area contributed by atoms with Crippen LogP contribution in [-0.4, -0.2) is 108 Å². The van der Waals surface area contributed by atoms with Crippen molar-refractivity contribution in [3.05, 3.63) is 12.7 Å². The molecule has 2 aliphatic rings. The number of nitrogens with one attached hydrogen (secondary N) is 2. The third-order valence-corrected chi connectivity index (χ3v) is 8.13. The lowest BCUT2D eigenvalue weighted by atomic mass is 9.94. The molecule has 230 valence electrons. The molecule has 0 saturated carbocycles. The van der Waals surface area contributed by atoms with Crippen LogP contribution in [0.1, 0.15) is 66.7 Å². The molecule has 6 atom stereocenters. The minimum absolute atomic E-state index is 0.0566. The van der Waals surface area contributed by atoms with Gasteiger partial charge in [-0.2, -0.15) is 0 Å². The van der Waals surface area contributed by atoms with E-state index in [0.717, 1.165) is 0 Å². The van der Waals surface area contributed by atoms with Crippen molar-refractivity contribution < 1.29 is 33.5 Å². The Hall–Kier alpha value is -3.44. The van der Waals surface area contributed by atoms with Gasteiger partial charge in [0.15, 0.2) is 6.10 Å². The Bertz CT molecular complexity index is 1020. The largest absolute Gasteiger partial charge is 0.452 e. The van der Waals surface area contributed by atoms with E-state index in [0.29, 0.717) is 25.8 Å². The van der Waals surface area contributed by atoms with Gasteiger partial charge in [0.2, 0.25) is 23.6 Å². The van der Waals surface area contributed by atoms with E-state index in [4.69, 9.17) is 4.74 Å². The summed E-state index contributed by atoms with van der Waals surface area (Å²) in [5.41, 5.74) is 0. The highest BCUT2D eigenvalue weighted by molar-refractivity contribution is 5.96. The minimum atomic E-state index is -1.17. The molecule has 0 aromatic rings. The molecule has 2 fully saturated rings. The van der Waals surface area contributed by atoms with Crippen LogP contribution in [-0.2, 0) is 33.5 Å². The van der Waals surface area contributed by atoms with Crippen molar-refractivity contribution in [2.24, 2.45) is 11.8 Å². The van der Waals surface area contributed by atoms with Crippen LogP contribution in [0.25, 0.3) is 0 Å². The lowest BCUT2D eigenvalue weighted by Gasteiger charge is -2.38. The highest BCUT2D eigenvalue weighted by atomic mass is 16.5. The summed E-state index contributed by atoms with van der Waals surface area (Å²) >= 11 is 0. The van der Waals surface area contributed by atoms with Crippen molar-refractivity contribution >= 4 is 35.5 Å². The molecule has 2 saturated heterocycles. The average Bonchev–Trinajstić information content (AvgIpc) is 3.43. The third kappa shape index (κ3) is 8.07. The van der Waals surface area contributed by atoms with E-state index in [1.165, 1.54) is 34.9 Å². The minimum Gasteiger partial charge on any atom is -0.452 e. The number of hydrogen-bond donors (Lipinski definition) is 2. The summed E-state index contributed by atoms with van der Waals surface area (Å²) in [6, 6.07) is -3.57. The van der Waals surface area contributed by atoms with Gasteiger partial charge in [0.25, 0.3) is 5.91 Å². The molecule has 0 unspecified atom stereocenters. The molecule has 2 aliphatic heterocycles. The monoisotopic (exact) mass is 577 g/mol. The molecular formula is C29H47N5O7. The van der Waals surface area contributed by atoms with Crippen LogP contribution < -0.4 is 10.6 Å². The number of esters is 1. The Morgan fingerprint density at radius 3 is 2.24 bits per heavy atom. The van der Waals surface area contributed by atoms with Gasteiger partial charge in [-0.25, -0.2) is 0 Å². The highest BCUT2D eigenvalue weighted by Gasteiger charge is 2.42. The molecule has 5 amide bonds. The van der Waals surface area contributed by atoms with Crippen molar-refractivity contribution in [1.29, 1.82) is 0 Å². The smallest absolute Gasteiger partial charge is 0.308 e. The van der Waals surface area contributed by atoms with Crippen LogP contribution >= 0.6 is 0 Å². The maximum absolute atomic E-state index is 13.9. The van der Waals surface area contributed by atoms with Crippen LogP contribution in [0.15, 0.2) is 12.7 Å². The molecular weight excluding hydrogens is 530 g/mol. The summed E-state index contributed by atoms with van der Waals surface area (Å²) in [6.45, 7) is 12.8. The molecule has 0 aromatic carbocycles. The van der Waals surface area contributed by atoms with Crippen molar-refractivity contribution in [3.63, 3.8) is 0 Å². The molecule has 41 heavy (non-hydrogen) atoms. The van der Waals surface area contributed by atoms with Crippen LogP contribution in [0, 0.1) is 11.8 Å². The predicted molar refractivity (Wildman–Crippen MR) is 152 cm³/mol. The normalized spacial score (nSPS) is 28.8. The lowest BCUT2D eigenvalue weighted by Crippen LogP contribution is -2.60. The van der Waals surface area contributed by atoms with E-state index in [-0.39, 0.29) is 31.2 Å². The lowest BCUT2D eigenvalue weighted by molar-refractivity contribution is -0.161. The third-order valence-electron chi connectivity index (χ3n) is 8.13. The van der Waals surface area contributed by atoms with E-state index in [1.54, 1.807) is 6.92 Å². The first-order chi connectivity index (χ1) is 19.3. The summed E-state index contributed by atoms with van der Waals surface area (Å²) in [5.74, 6) is -3.58. The van der Waals surface area contributed by atoms with Gasteiger partial charge in [0.1, 0.15) is 24.2 Å². The Morgan fingerprint density at radius 2 is 1.66 bits per heavy atom. The van der Waals surface area contributed by atoms with Crippen LogP contribution in [0.5, 0.6) is 0 Å². The van der Waals surface area contributed by atoms with Gasteiger partial charge < -0.3 is 30.1 Å². The summed E-state index contributed by atoms with van der Waals surface area (Å²) in [6.07, 6.45) is 1.70. The Morgan fingerprint density at radius 1 is 1.00 bits per heavy atom. The first-order valence-corrected chi connectivity index (χ1v) is 14.5. The van der Waals surface area contributed by atoms with Gasteiger partial charge in [-0.05, 0) is 31.6 Å². The highest BCUT2D eigenvalue weighted by Crippen LogP contribution is 2.23. The summed E-state index contributed by atoms with van der Waals surface area (Å²) in [7, 11) is 3.02. The molecule has 0 bridgehead atoms. The number of rotatable bonds is 5. The zero-order chi connectivity index (χ0) is 31.0. The van der Waals surface area contributed by atoms with Crippen molar-refractivity contribution in [2.45, 2.75) is 97.0 Å². The van der Waals surface area contributed by atoms with Gasteiger partial charge in [-0.1, -0.05) is 40.2 Å². The van der Waals surface area contributed by atoms with Crippen LogP contribution in [0.2, 0.25) is 0 Å². The van der Waals surface area contributed by atoms with Crippen LogP contribution in [0.4, 0.5) is 0 Å². The molecule has 0 spiro atoms. The average molecular weight is 578 g/mol. The molecule has 0 aliphatic carbocycles. The maximum atomic E-state index is 13.9. The van der Waals surface area contributed by atoms with E-state index >= 15 is 0 Å². The fourth-order valence-corrected chi connectivity index (χ4v) is 5.25. The molecule has 2 heterocycles. The maximum Gasteiger partial charge on any atom is 0.308 e. The zero-order valence-electron chi connectivity index (χ0n) is 25.5. The first kappa shape index (κ1) is 33.8. The fraction of sp³-hybridized carbons (Fsp3) is 0.724. The molecule has 12 heteroatoms. The van der Waals surface area contributed by atoms with Crippen molar-refractivity contribution in [1.82, 2.24) is 25.3 Å². The van der Waals surface area contributed by atoms with Gasteiger partial charge in [0, 0.05) is 33.6 Å². The summed E-state index contributed by atoms with van der Waals surface area (Å²) in [4.78, 5) is 84.0. The molecule has 0 radical (unpaired) electrons. The van der Waals surface area contributed by atoms with Gasteiger partial charge >= 0.3 is 5.97 Å². The number of carbonyl (C=O) groups is 6. The molecule has 12 nitrogen and oxygen atoms in total. The quantitative estimate of drug-likeness (QED) is 0.364. The van der Waals surface area contributed by atoms with Gasteiger partial charge in [-0.15, -0.1) is 6.58 Å². The Kier molecular flexibility index (Phi) is 12.3. The van der Waals surface area contributed by atoms with E-state index < -0.39 is 65.8 Å². The van der Waals surface area contributed by atoms with Crippen molar-refractivity contribution in [2.75, 3.05) is 27.2 Å². The number of cyclic esters (lactones) is 1. The fourth-order valence-electron chi connectivity index (χ4n) is 5.25. The van der Waals surface area contributed by atoms with Crippen molar-refractivity contribution in [3.8, 4) is 0 Å². The number of ether oxygens (including phenoxy) is 1. The van der Waals surface area contributed by atoms with E-state index in [9.17, 15) is 28.8 Å². The number of carbonyl (C=O) groups excluding carboxylic acids is 6. The Balaban J connectivity index is 2.53. The topological polar surface area (TPSA) is 145 Å². The van der Waals surface area contributed by atoms with E-state index in [2.05, 4.69) is 17.2 Å². The number of amides is 5. The second-order valence-corrected chi connectivity index (χ2v) is 11.4.